The molecule has 0 aromatic heterocycles. The highest BCUT2D eigenvalue weighted by molar-refractivity contribution is 8.02. The molecule has 3 aromatic rings. The first-order valence-corrected chi connectivity index (χ1v) is 18.2. The minimum Gasteiger partial charge on any atom is -0.497 e. The molecule has 0 heterocycles. The molecule has 40 heavy (non-hydrogen) atoms. The van der Waals surface area contributed by atoms with E-state index in [1.54, 1.807) is 50.5 Å². The van der Waals surface area contributed by atoms with Crippen molar-refractivity contribution in [2.45, 2.75) is 5.85 Å². The topological polar surface area (TPSA) is 137 Å². The van der Waals surface area contributed by atoms with E-state index in [4.69, 9.17) is 47.2 Å². The lowest BCUT2D eigenvalue weighted by molar-refractivity contribution is 0.205. The molecule has 11 nitrogen and oxygen atoms in total. The summed E-state index contributed by atoms with van der Waals surface area (Å²) in [5, 5.41) is 18.4. The third-order valence-corrected chi connectivity index (χ3v) is 10.3. The number of methoxy groups -OCH3 is 1. The summed E-state index contributed by atoms with van der Waals surface area (Å²) in [5.74, 6) is -0.107. The number of hydrogen-bond donors (Lipinski definition) is 3. The van der Waals surface area contributed by atoms with Gasteiger partial charge in [0, 0.05) is 14.1 Å². The minimum atomic E-state index is -4.66. The second-order valence-corrected chi connectivity index (χ2v) is 14.7. The van der Waals surface area contributed by atoms with Crippen molar-refractivity contribution in [1.29, 1.82) is 0 Å². The third-order valence-electron chi connectivity index (χ3n) is 5.19. The first kappa shape index (κ1) is 31.9. The van der Waals surface area contributed by atoms with Crippen LogP contribution < -0.4 is 13.8 Å². The Morgan fingerprint density at radius 1 is 0.775 bits per heavy atom. The number of aliphatic hydroxyl groups is 1. The van der Waals surface area contributed by atoms with Gasteiger partial charge in [0.15, 0.2) is 5.85 Å². The Hall–Kier alpha value is -2.59. The maximum atomic E-state index is 11.2. The van der Waals surface area contributed by atoms with Crippen molar-refractivity contribution in [1.82, 2.24) is 9.56 Å². The fraction of sp³-hybridized carbons (Fsp3) is 0.167. The summed E-state index contributed by atoms with van der Waals surface area (Å²) >= 11 is 10.9. The number of hydrazone groups is 2. The van der Waals surface area contributed by atoms with Gasteiger partial charge in [-0.2, -0.15) is 10.2 Å². The Bertz CT molecular complexity index is 1420. The molecule has 0 bridgehead atoms. The molecule has 0 saturated carbocycles. The largest absolute Gasteiger partial charge is 0.497 e. The summed E-state index contributed by atoms with van der Waals surface area (Å²) in [5.41, 5.74) is 1.80. The van der Waals surface area contributed by atoms with E-state index in [1.165, 1.54) is 29.0 Å². The predicted molar refractivity (Wildman–Crippen MR) is 166 cm³/mol. The molecule has 0 aliphatic carbocycles. The summed E-state index contributed by atoms with van der Waals surface area (Å²) < 4.78 is 31.1. The molecule has 16 heteroatoms. The SMILES string of the molecule is COc1ccc(/C=N/N(C)[PH](=S)Oc2ccc(/C=N/N(C)[PH](=S)Oc3ccc(C(O)P(=O)(O)O)cc3)cc2)cc1. The highest BCUT2D eigenvalue weighted by atomic mass is 32.4. The molecule has 0 aliphatic heterocycles. The number of aliphatic hydroxyl groups excluding tert-OH is 1. The van der Waals surface area contributed by atoms with Crippen LogP contribution in [0.5, 0.6) is 17.2 Å². The van der Waals surface area contributed by atoms with E-state index in [2.05, 4.69) is 10.2 Å². The Morgan fingerprint density at radius 2 is 1.15 bits per heavy atom. The van der Waals surface area contributed by atoms with Crippen LogP contribution in [0.25, 0.3) is 0 Å². The van der Waals surface area contributed by atoms with E-state index < -0.39 is 27.6 Å². The van der Waals surface area contributed by atoms with Crippen LogP contribution in [0.1, 0.15) is 22.5 Å². The number of benzene rings is 3. The maximum Gasteiger partial charge on any atom is 0.358 e. The summed E-state index contributed by atoms with van der Waals surface area (Å²) in [6.07, 6.45) is 3.34. The van der Waals surface area contributed by atoms with Crippen LogP contribution in [0.2, 0.25) is 0 Å². The molecule has 0 spiro atoms. The molecule has 0 amide bonds. The lowest BCUT2D eigenvalue weighted by Crippen LogP contribution is -2.04. The highest BCUT2D eigenvalue weighted by Gasteiger charge is 2.27. The molecular formula is C24H29N4O7P3S2. The summed E-state index contributed by atoms with van der Waals surface area (Å²) in [4.78, 5) is 18.2. The smallest absolute Gasteiger partial charge is 0.358 e. The van der Waals surface area contributed by atoms with Gasteiger partial charge in [0.2, 0.25) is 14.1 Å². The zero-order valence-electron chi connectivity index (χ0n) is 21.7. The Labute approximate surface area is 244 Å². The molecule has 0 saturated heterocycles. The Balaban J connectivity index is 1.50. The highest BCUT2D eigenvalue weighted by Crippen LogP contribution is 2.50. The number of ether oxygens (including phenoxy) is 1. The van der Waals surface area contributed by atoms with Gasteiger partial charge >= 0.3 is 7.60 Å². The molecule has 3 atom stereocenters. The van der Waals surface area contributed by atoms with Gasteiger partial charge in [0.25, 0.3) is 0 Å². The van der Waals surface area contributed by atoms with Gasteiger partial charge in [-0.3, -0.25) is 4.57 Å². The fourth-order valence-electron chi connectivity index (χ4n) is 2.95. The molecule has 0 aliphatic rings. The van der Waals surface area contributed by atoms with E-state index in [1.807, 2.05) is 36.4 Å². The normalized spacial score (nSPS) is 14.1. The van der Waals surface area contributed by atoms with E-state index in [-0.39, 0.29) is 5.56 Å². The van der Waals surface area contributed by atoms with Gasteiger partial charge in [0.05, 0.1) is 19.5 Å². The fourth-order valence-corrected chi connectivity index (χ4v) is 5.61. The van der Waals surface area contributed by atoms with Crippen LogP contribution >= 0.6 is 21.7 Å². The monoisotopic (exact) mass is 642 g/mol. The zero-order chi connectivity index (χ0) is 29.3. The maximum absolute atomic E-state index is 11.2. The van der Waals surface area contributed by atoms with Crippen LogP contribution in [0, 0.1) is 0 Å². The van der Waals surface area contributed by atoms with Crippen LogP contribution in [-0.4, -0.2) is 58.1 Å². The molecule has 0 fully saturated rings. The van der Waals surface area contributed by atoms with Crippen molar-refractivity contribution in [2.24, 2.45) is 10.2 Å². The molecule has 3 rings (SSSR count). The van der Waals surface area contributed by atoms with Crippen molar-refractivity contribution in [3.63, 3.8) is 0 Å². The Morgan fingerprint density at radius 3 is 1.52 bits per heavy atom. The predicted octanol–water partition coefficient (Wildman–Crippen LogP) is 4.57. The molecule has 3 unspecified atom stereocenters. The van der Waals surface area contributed by atoms with Crippen molar-refractivity contribution in [2.75, 3.05) is 21.2 Å². The second kappa shape index (κ2) is 14.9. The second-order valence-electron chi connectivity index (χ2n) is 8.15. The zero-order valence-corrected chi connectivity index (χ0v) is 26.2. The van der Waals surface area contributed by atoms with Gasteiger partial charge in [-0.05, 0) is 101 Å². The lowest BCUT2D eigenvalue weighted by Gasteiger charge is -2.18. The first-order valence-electron chi connectivity index (χ1n) is 11.5. The average Bonchev–Trinajstić information content (AvgIpc) is 2.95. The van der Waals surface area contributed by atoms with Gasteiger partial charge in [-0.1, -0.05) is 12.1 Å². The number of hydrogen-bond acceptors (Lipinski definition) is 9. The van der Waals surface area contributed by atoms with Gasteiger partial charge < -0.3 is 28.7 Å². The van der Waals surface area contributed by atoms with Crippen LogP contribution in [0.15, 0.2) is 83.0 Å². The van der Waals surface area contributed by atoms with Gasteiger partial charge in [-0.15, -0.1) is 0 Å². The molecule has 0 radical (unpaired) electrons. The standard InChI is InChI=1S/C24H29N4O7P3S2/c1-27(25-16-18-4-10-21(33-3)11-5-18)36(39)34-22-12-6-19(7-13-22)17-26-28(2)37(40)35-23-14-8-20(9-15-23)24(29)38(30,31)32/h4-17,24,29,36-37H,1-3H3,(H2,30,31,32)/b25-16+,26-17+. The van der Waals surface area contributed by atoms with Crippen molar-refractivity contribution >= 4 is 57.8 Å². The third kappa shape index (κ3) is 9.80. The van der Waals surface area contributed by atoms with Crippen LogP contribution in [0.3, 0.4) is 0 Å². The summed E-state index contributed by atoms with van der Waals surface area (Å²) in [6, 6.07) is 20.5. The van der Waals surface area contributed by atoms with Crippen molar-refractivity contribution < 1.29 is 33.2 Å². The van der Waals surface area contributed by atoms with E-state index in [0.29, 0.717) is 11.5 Å². The van der Waals surface area contributed by atoms with Gasteiger partial charge in [0.1, 0.15) is 17.2 Å². The van der Waals surface area contributed by atoms with E-state index >= 15 is 0 Å². The summed E-state index contributed by atoms with van der Waals surface area (Å²) in [6.45, 7) is 0. The van der Waals surface area contributed by atoms with Gasteiger partial charge in [-0.25, -0.2) is 9.56 Å². The minimum absolute atomic E-state index is 0.0786. The number of nitrogens with zero attached hydrogens (tertiary/aromatic N) is 4. The molecule has 3 N–H and O–H groups in total. The number of rotatable bonds is 13. The first-order chi connectivity index (χ1) is 19.0. The van der Waals surface area contributed by atoms with E-state index in [0.717, 1.165) is 16.9 Å². The lowest BCUT2D eigenvalue weighted by atomic mass is 10.2. The van der Waals surface area contributed by atoms with Crippen LogP contribution in [0.4, 0.5) is 0 Å². The van der Waals surface area contributed by atoms with E-state index in [9.17, 15) is 9.67 Å². The van der Waals surface area contributed by atoms with Crippen molar-refractivity contribution in [3.05, 3.63) is 89.5 Å². The summed E-state index contributed by atoms with van der Waals surface area (Å²) in [7, 11) is -3.37. The van der Waals surface area contributed by atoms with Crippen molar-refractivity contribution in [3.8, 4) is 17.2 Å². The molecule has 3 aromatic carbocycles. The Kier molecular flexibility index (Phi) is 11.9. The molecular weight excluding hydrogens is 613 g/mol. The van der Waals surface area contributed by atoms with Crippen LogP contribution in [-0.2, 0) is 28.2 Å². The molecule has 214 valence electrons. The average molecular weight is 643 g/mol. The quantitative estimate of drug-likeness (QED) is 0.138.